The van der Waals surface area contributed by atoms with Crippen LogP contribution in [0.5, 0.6) is 0 Å². The molecule has 1 atom stereocenters. The van der Waals surface area contributed by atoms with E-state index in [4.69, 9.17) is 5.73 Å². The van der Waals surface area contributed by atoms with Crippen LogP contribution in [-0.2, 0) is 0 Å². The number of fused-ring (bicyclic) bond motifs is 1. The second-order valence-corrected chi connectivity index (χ2v) is 7.55. The fraction of sp³-hybridized carbons (Fsp3) is 0.400. The third-order valence-corrected chi connectivity index (χ3v) is 6.11. The van der Waals surface area contributed by atoms with E-state index in [9.17, 15) is 4.79 Å². The van der Waals surface area contributed by atoms with Crippen LogP contribution in [0.25, 0.3) is 10.1 Å². The summed E-state index contributed by atoms with van der Waals surface area (Å²) in [6.07, 6.45) is 1.12. The minimum atomic E-state index is 0.170. The first-order valence-corrected chi connectivity index (χ1v) is 8.74. The van der Waals surface area contributed by atoms with Crippen molar-refractivity contribution < 1.29 is 4.79 Å². The molecule has 5 heteroatoms. The Labute approximate surface area is 127 Å². The number of hydrogen-bond donors (Lipinski definition) is 1. The highest BCUT2D eigenvalue weighted by Crippen LogP contribution is 2.29. The SMILES string of the molecule is CCC1CN(C(=O)c2cc3cc(N)ccc3s2)CCS1. The fourth-order valence-electron chi connectivity index (χ4n) is 2.47. The number of nitrogens with two attached hydrogens (primary N) is 1. The number of nitrogens with zero attached hydrogens (tertiary/aromatic N) is 1. The molecular formula is C15H18N2OS2. The lowest BCUT2D eigenvalue weighted by molar-refractivity contribution is 0.0766. The Morgan fingerprint density at radius 2 is 2.30 bits per heavy atom. The zero-order chi connectivity index (χ0) is 14.1. The van der Waals surface area contributed by atoms with E-state index < -0.39 is 0 Å². The molecule has 1 fully saturated rings. The van der Waals surface area contributed by atoms with Crippen molar-refractivity contribution in [3.63, 3.8) is 0 Å². The normalized spacial score (nSPS) is 19.4. The summed E-state index contributed by atoms with van der Waals surface area (Å²) in [5, 5.41) is 1.65. The van der Waals surface area contributed by atoms with Gasteiger partial charge in [-0.25, -0.2) is 0 Å². The van der Waals surface area contributed by atoms with Gasteiger partial charge in [0.05, 0.1) is 4.88 Å². The molecular weight excluding hydrogens is 288 g/mol. The molecule has 2 aromatic rings. The molecule has 1 amide bonds. The second-order valence-electron chi connectivity index (χ2n) is 5.06. The molecule has 1 aliphatic heterocycles. The number of nitrogen functional groups attached to an aromatic ring is 1. The van der Waals surface area contributed by atoms with Gasteiger partial charge < -0.3 is 10.6 Å². The average Bonchev–Trinajstić information content (AvgIpc) is 2.89. The van der Waals surface area contributed by atoms with Gasteiger partial charge in [0.15, 0.2) is 0 Å². The summed E-state index contributed by atoms with van der Waals surface area (Å²) in [6.45, 7) is 3.92. The van der Waals surface area contributed by atoms with E-state index in [1.54, 1.807) is 11.3 Å². The molecule has 0 aliphatic carbocycles. The second kappa shape index (κ2) is 5.66. The van der Waals surface area contributed by atoms with Gasteiger partial charge in [0.2, 0.25) is 0 Å². The van der Waals surface area contributed by atoms with Crippen LogP contribution in [0.2, 0.25) is 0 Å². The van der Waals surface area contributed by atoms with Crippen molar-refractivity contribution in [2.75, 3.05) is 24.6 Å². The van der Waals surface area contributed by atoms with E-state index in [2.05, 4.69) is 6.92 Å². The fourth-order valence-corrected chi connectivity index (χ4v) is 4.67. The third-order valence-electron chi connectivity index (χ3n) is 3.63. The summed E-state index contributed by atoms with van der Waals surface area (Å²) in [5.74, 6) is 1.21. The zero-order valence-electron chi connectivity index (χ0n) is 11.5. The van der Waals surface area contributed by atoms with Crippen molar-refractivity contribution in [2.45, 2.75) is 18.6 Å². The topological polar surface area (TPSA) is 46.3 Å². The van der Waals surface area contributed by atoms with Crippen molar-refractivity contribution in [2.24, 2.45) is 0 Å². The van der Waals surface area contributed by atoms with Gasteiger partial charge in [0.1, 0.15) is 0 Å². The van der Waals surface area contributed by atoms with Gasteiger partial charge in [0.25, 0.3) is 5.91 Å². The van der Waals surface area contributed by atoms with Crippen molar-refractivity contribution >= 4 is 44.8 Å². The summed E-state index contributed by atoms with van der Waals surface area (Å²) < 4.78 is 1.13. The van der Waals surface area contributed by atoms with Crippen LogP contribution in [0.15, 0.2) is 24.3 Å². The average molecular weight is 306 g/mol. The lowest BCUT2D eigenvalue weighted by atomic mass is 10.2. The maximum absolute atomic E-state index is 12.6. The molecule has 1 aromatic heterocycles. The summed E-state index contributed by atoms with van der Waals surface area (Å²) in [6, 6.07) is 7.79. The molecule has 1 saturated heterocycles. The van der Waals surface area contributed by atoms with Gasteiger partial charge in [-0.15, -0.1) is 11.3 Å². The van der Waals surface area contributed by atoms with Gasteiger partial charge in [0, 0.05) is 34.5 Å². The predicted octanol–water partition coefficient (Wildman–Crippen LogP) is 3.45. The van der Waals surface area contributed by atoms with Crippen LogP contribution < -0.4 is 5.73 Å². The summed E-state index contributed by atoms with van der Waals surface area (Å²) >= 11 is 3.54. The predicted molar refractivity (Wildman–Crippen MR) is 88.7 cm³/mol. The molecule has 0 bridgehead atoms. The van der Waals surface area contributed by atoms with Gasteiger partial charge in [-0.3, -0.25) is 4.79 Å². The standard InChI is InChI=1S/C15H18N2OS2/c1-2-12-9-17(5-6-19-12)15(18)14-8-10-7-11(16)3-4-13(10)20-14/h3-4,7-8,12H,2,5-6,9,16H2,1H3. The summed E-state index contributed by atoms with van der Waals surface area (Å²) in [5.41, 5.74) is 6.54. The van der Waals surface area contributed by atoms with E-state index in [1.165, 1.54) is 0 Å². The Balaban J connectivity index is 1.84. The molecule has 1 unspecified atom stereocenters. The number of thioether (sulfide) groups is 1. The van der Waals surface area contributed by atoms with Crippen molar-refractivity contribution in [1.82, 2.24) is 4.90 Å². The van der Waals surface area contributed by atoms with E-state index in [0.29, 0.717) is 5.25 Å². The number of anilines is 1. The summed E-state index contributed by atoms with van der Waals surface area (Å²) in [4.78, 5) is 15.4. The maximum atomic E-state index is 12.6. The van der Waals surface area contributed by atoms with E-state index in [-0.39, 0.29) is 5.91 Å². The van der Waals surface area contributed by atoms with Gasteiger partial charge >= 0.3 is 0 Å². The highest BCUT2D eigenvalue weighted by Gasteiger charge is 2.24. The van der Waals surface area contributed by atoms with E-state index >= 15 is 0 Å². The van der Waals surface area contributed by atoms with Crippen molar-refractivity contribution in [1.29, 1.82) is 0 Å². The minimum Gasteiger partial charge on any atom is -0.399 e. The van der Waals surface area contributed by atoms with E-state index in [1.807, 2.05) is 40.9 Å². The molecule has 2 N–H and O–H groups in total. The molecule has 3 nitrogen and oxygen atoms in total. The summed E-state index contributed by atoms with van der Waals surface area (Å²) in [7, 11) is 0. The smallest absolute Gasteiger partial charge is 0.264 e. The van der Waals surface area contributed by atoms with Crippen LogP contribution in [0.1, 0.15) is 23.0 Å². The Morgan fingerprint density at radius 3 is 3.10 bits per heavy atom. The van der Waals surface area contributed by atoms with E-state index in [0.717, 1.165) is 45.9 Å². The first kappa shape index (κ1) is 13.8. The molecule has 20 heavy (non-hydrogen) atoms. The zero-order valence-corrected chi connectivity index (χ0v) is 13.1. The molecule has 1 aliphatic rings. The molecule has 2 heterocycles. The molecule has 0 spiro atoms. The van der Waals surface area contributed by atoms with Gasteiger partial charge in [-0.2, -0.15) is 11.8 Å². The number of thiophene rings is 1. The minimum absolute atomic E-state index is 0.170. The number of benzene rings is 1. The molecule has 0 radical (unpaired) electrons. The molecule has 106 valence electrons. The third kappa shape index (κ3) is 2.65. The van der Waals surface area contributed by atoms with Crippen molar-refractivity contribution in [3.05, 3.63) is 29.1 Å². The van der Waals surface area contributed by atoms with Crippen molar-refractivity contribution in [3.8, 4) is 0 Å². The Morgan fingerprint density at radius 1 is 1.45 bits per heavy atom. The Hall–Kier alpha value is -1.20. The first-order chi connectivity index (χ1) is 9.67. The molecule has 3 rings (SSSR count). The lowest BCUT2D eigenvalue weighted by Crippen LogP contribution is -2.41. The highest BCUT2D eigenvalue weighted by molar-refractivity contribution is 8.00. The quantitative estimate of drug-likeness (QED) is 0.864. The number of amides is 1. The lowest BCUT2D eigenvalue weighted by Gasteiger charge is -2.31. The number of rotatable bonds is 2. The number of carbonyl (C=O) groups is 1. The van der Waals surface area contributed by atoms with Crippen LogP contribution in [-0.4, -0.2) is 34.9 Å². The van der Waals surface area contributed by atoms with Crippen LogP contribution >= 0.6 is 23.1 Å². The molecule has 0 saturated carbocycles. The van der Waals surface area contributed by atoms with Crippen LogP contribution in [0.3, 0.4) is 0 Å². The molecule has 1 aromatic carbocycles. The first-order valence-electron chi connectivity index (χ1n) is 6.87. The number of hydrogen-bond acceptors (Lipinski definition) is 4. The Bertz CT molecular complexity index is 638. The van der Waals surface area contributed by atoms with Crippen LogP contribution in [0.4, 0.5) is 5.69 Å². The van der Waals surface area contributed by atoms with Gasteiger partial charge in [-0.05, 0) is 36.1 Å². The largest absolute Gasteiger partial charge is 0.399 e. The van der Waals surface area contributed by atoms with Crippen LogP contribution in [0, 0.1) is 0 Å². The highest BCUT2D eigenvalue weighted by atomic mass is 32.2. The monoisotopic (exact) mass is 306 g/mol. The maximum Gasteiger partial charge on any atom is 0.264 e. The Kier molecular flexibility index (Phi) is 3.89. The van der Waals surface area contributed by atoms with Gasteiger partial charge in [-0.1, -0.05) is 6.92 Å². The number of carbonyl (C=O) groups excluding carboxylic acids is 1.